The molecular formula is C17H13ClF3N3O2. The van der Waals surface area contributed by atoms with E-state index in [1.807, 2.05) is 0 Å². The molecule has 0 saturated heterocycles. The predicted octanol–water partition coefficient (Wildman–Crippen LogP) is 3.24. The van der Waals surface area contributed by atoms with Gasteiger partial charge in [0.05, 0.1) is 18.3 Å². The molecule has 0 spiro atoms. The van der Waals surface area contributed by atoms with Crippen LogP contribution in [0.4, 0.5) is 13.2 Å². The number of hydrogen-bond acceptors (Lipinski definition) is 3. The smallest absolute Gasteiger partial charge is 0.343 e. The van der Waals surface area contributed by atoms with E-state index in [0.717, 1.165) is 12.3 Å². The number of alkyl halides is 3. The molecule has 5 nitrogen and oxygen atoms in total. The summed E-state index contributed by atoms with van der Waals surface area (Å²) in [4.78, 5) is 23.5. The Kier molecular flexibility index (Phi) is 6.35. The largest absolute Gasteiger partial charge is 0.417 e. The molecule has 0 aromatic heterocycles. The molecule has 2 N–H and O–H groups in total. The van der Waals surface area contributed by atoms with Crippen molar-refractivity contribution in [2.75, 3.05) is 6.54 Å². The third-order valence-corrected chi connectivity index (χ3v) is 3.39. The summed E-state index contributed by atoms with van der Waals surface area (Å²) in [7, 11) is 0. The van der Waals surface area contributed by atoms with E-state index in [1.54, 1.807) is 12.1 Å². The highest BCUT2D eigenvalue weighted by molar-refractivity contribution is 6.30. The second-order valence-electron chi connectivity index (χ2n) is 5.07. The number of benzene rings is 2. The maximum atomic E-state index is 12.8. The van der Waals surface area contributed by atoms with Crippen molar-refractivity contribution in [3.05, 3.63) is 70.2 Å². The lowest BCUT2D eigenvalue weighted by Gasteiger charge is -2.09. The van der Waals surface area contributed by atoms with Gasteiger partial charge in [0.1, 0.15) is 0 Å². The molecule has 0 unspecified atom stereocenters. The van der Waals surface area contributed by atoms with Crippen molar-refractivity contribution in [1.82, 2.24) is 10.7 Å². The summed E-state index contributed by atoms with van der Waals surface area (Å²) in [5.41, 5.74) is 1.26. The van der Waals surface area contributed by atoms with Gasteiger partial charge in [0.15, 0.2) is 0 Å². The first-order chi connectivity index (χ1) is 12.3. The van der Waals surface area contributed by atoms with Crippen LogP contribution in [-0.4, -0.2) is 24.6 Å². The number of rotatable bonds is 5. The van der Waals surface area contributed by atoms with Gasteiger partial charge in [0.25, 0.3) is 11.8 Å². The van der Waals surface area contributed by atoms with Gasteiger partial charge in [-0.05, 0) is 24.3 Å². The Balaban J connectivity index is 1.89. The third-order valence-electron chi connectivity index (χ3n) is 3.16. The zero-order chi connectivity index (χ0) is 19.2. The maximum Gasteiger partial charge on any atom is 0.417 e. The summed E-state index contributed by atoms with van der Waals surface area (Å²) in [5, 5.41) is 6.20. The molecule has 0 atom stereocenters. The van der Waals surface area contributed by atoms with Crippen LogP contribution < -0.4 is 10.7 Å². The van der Waals surface area contributed by atoms with E-state index in [2.05, 4.69) is 15.8 Å². The monoisotopic (exact) mass is 383 g/mol. The Morgan fingerprint density at radius 1 is 1.12 bits per heavy atom. The quantitative estimate of drug-likeness (QED) is 0.614. The number of amides is 2. The maximum absolute atomic E-state index is 12.8. The molecule has 26 heavy (non-hydrogen) atoms. The highest BCUT2D eigenvalue weighted by Crippen LogP contribution is 2.30. The minimum atomic E-state index is -4.53. The number of nitrogens with zero attached hydrogens (tertiary/aromatic N) is 1. The molecule has 2 amide bonds. The van der Waals surface area contributed by atoms with Gasteiger partial charge in [-0.2, -0.15) is 18.3 Å². The average Bonchev–Trinajstić information content (AvgIpc) is 2.59. The summed E-state index contributed by atoms with van der Waals surface area (Å²) in [5.74, 6) is -1.21. The van der Waals surface area contributed by atoms with Gasteiger partial charge in [0.2, 0.25) is 0 Å². The molecule has 2 rings (SSSR count). The second-order valence-corrected chi connectivity index (χ2v) is 5.51. The van der Waals surface area contributed by atoms with Crippen LogP contribution in [0.25, 0.3) is 0 Å². The lowest BCUT2D eigenvalue weighted by molar-refractivity contribution is -0.137. The lowest BCUT2D eigenvalue weighted by Crippen LogP contribution is -2.34. The molecular weight excluding hydrogens is 371 g/mol. The van der Waals surface area contributed by atoms with Crippen LogP contribution in [0, 0.1) is 0 Å². The van der Waals surface area contributed by atoms with Crippen molar-refractivity contribution in [3.8, 4) is 0 Å². The topological polar surface area (TPSA) is 70.6 Å². The zero-order valence-corrected chi connectivity index (χ0v) is 13.9. The molecule has 0 aliphatic rings. The highest BCUT2D eigenvalue weighted by atomic mass is 35.5. The number of hydrogen-bond donors (Lipinski definition) is 2. The van der Waals surface area contributed by atoms with E-state index in [1.165, 1.54) is 30.3 Å². The molecule has 0 fully saturated rings. The van der Waals surface area contributed by atoms with Gasteiger partial charge in [-0.1, -0.05) is 35.9 Å². The van der Waals surface area contributed by atoms with Gasteiger partial charge in [-0.3, -0.25) is 9.59 Å². The fourth-order valence-electron chi connectivity index (χ4n) is 1.97. The zero-order valence-electron chi connectivity index (χ0n) is 13.2. The fraction of sp³-hybridized carbons (Fsp3) is 0.118. The second kappa shape index (κ2) is 8.48. The third kappa shape index (κ3) is 5.59. The predicted molar refractivity (Wildman–Crippen MR) is 91.0 cm³/mol. The Morgan fingerprint density at radius 2 is 1.85 bits per heavy atom. The minimum absolute atomic E-state index is 0.191. The first-order valence-electron chi connectivity index (χ1n) is 7.29. The Morgan fingerprint density at radius 3 is 2.54 bits per heavy atom. The number of halogens is 4. The van der Waals surface area contributed by atoms with Crippen molar-refractivity contribution >= 4 is 29.6 Å². The van der Waals surface area contributed by atoms with Crippen molar-refractivity contribution in [2.45, 2.75) is 6.18 Å². The van der Waals surface area contributed by atoms with Crippen LogP contribution in [0.15, 0.2) is 53.6 Å². The molecule has 2 aromatic rings. The molecule has 2 aromatic carbocycles. The summed E-state index contributed by atoms with van der Waals surface area (Å²) in [6.45, 7) is -0.399. The number of carbonyl (C=O) groups excluding carboxylic acids is 2. The number of hydrazone groups is 1. The SMILES string of the molecule is O=C(CNC(=O)c1cccc(Cl)c1)NN=Cc1ccccc1C(F)(F)F. The van der Waals surface area contributed by atoms with E-state index in [4.69, 9.17) is 11.6 Å². The van der Waals surface area contributed by atoms with Crippen LogP contribution in [0.2, 0.25) is 5.02 Å². The van der Waals surface area contributed by atoms with Crippen LogP contribution in [-0.2, 0) is 11.0 Å². The van der Waals surface area contributed by atoms with Crippen molar-refractivity contribution in [2.24, 2.45) is 5.10 Å². The van der Waals surface area contributed by atoms with E-state index in [0.29, 0.717) is 5.02 Å². The first-order valence-corrected chi connectivity index (χ1v) is 7.67. The van der Waals surface area contributed by atoms with Gasteiger partial charge >= 0.3 is 6.18 Å². The Hall–Kier alpha value is -2.87. The molecule has 9 heteroatoms. The fourth-order valence-corrected chi connectivity index (χ4v) is 2.16. The van der Waals surface area contributed by atoms with Gasteiger partial charge < -0.3 is 5.32 Å². The molecule has 0 heterocycles. The first kappa shape index (κ1) is 19.5. The molecule has 136 valence electrons. The summed E-state index contributed by atoms with van der Waals surface area (Å²) < 4.78 is 38.5. The Labute approximate surface area is 151 Å². The van der Waals surface area contributed by atoms with Gasteiger partial charge in [-0.15, -0.1) is 0 Å². The van der Waals surface area contributed by atoms with Crippen LogP contribution >= 0.6 is 11.6 Å². The highest BCUT2D eigenvalue weighted by Gasteiger charge is 2.32. The van der Waals surface area contributed by atoms with Crippen molar-refractivity contribution < 1.29 is 22.8 Å². The summed E-state index contributed by atoms with van der Waals surface area (Å²) >= 11 is 5.76. The average molecular weight is 384 g/mol. The van der Waals surface area contributed by atoms with Gasteiger partial charge in [-0.25, -0.2) is 5.43 Å². The van der Waals surface area contributed by atoms with Crippen LogP contribution in [0.3, 0.4) is 0 Å². The normalized spacial score (nSPS) is 11.4. The van der Waals surface area contributed by atoms with Crippen molar-refractivity contribution in [3.63, 3.8) is 0 Å². The number of nitrogens with one attached hydrogen (secondary N) is 2. The molecule has 0 saturated carbocycles. The van der Waals surface area contributed by atoms with Crippen LogP contribution in [0.5, 0.6) is 0 Å². The van der Waals surface area contributed by atoms with E-state index in [9.17, 15) is 22.8 Å². The van der Waals surface area contributed by atoms with Crippen molar-refractivity contribution in [1.29, 1.82) is 0 Å². The van der Waals surface area contributed by atoms with E-state index < -0.39 is 30.1 Å². The van der Waals surface area contributed by atoms with E-state index >= 15 is 0 Å². The van der Waals surface area contributed by atoms with Gasteiger partial charge in [0, 0.05) is 16.1 Å². The Bertz CT molecular complexity index is 838. The standard InChI is InChI=1S/C17H13ClF3N3O2/c18-13-6-3-5-11(8-13)16(26)22-10-15(25)24-23-9-12-4-1-2-7-14(12)17(19,20)21/h1-9H,10H2,(H,22,26)(H,24,25). The molecule has 0 radical (unpaired) electrons. The summed E-state index contributed by atoms with van der Waals surface area (Å²) in [6, 6.07) is 10.9. The lowest BCUT2D eigenvalue weighted by atomic mass is 10.1. The molecule has 0 bridgehead atoms. The molecule has 0 aliphatic heterocycles. The van der Waals surface area contributed by atoms with E-state index in [-0.39, 0.29) is 11.1 Å². The minimum Gasteiger partial charge on any atom is -0.343 e. The number of carbonyl (C=O) groups is 2. The van der Waals surface area contributed by atoms with Crippen LogP contribution in [0.1, 0.15) is 21.5 Å². The summed E-state index contributed by atoms with van der Waals surface area (Å²) in [6.07, 6.45) is -3.64. The molecule has 0 aliphatic carbocycles.